The van der Waals surface area contributed by atoms with E-state index < -0.39 is 0 Å². The molecule has 6 heteroatoms. The first-order chi connectivity index (χ1) is 16.2. The Hall–Kier alpha value is -4.32. The van der Waals surface area contributed by atoms with Crippen LogP contribution >= 0.6 is 0 Å². The van der Waals surface area contributed by atoms with Gasteiger partial charge in [0.05, 0.1) is 17.4 Å². The Morgan fingerprint density at radius 3 is 2.24 bits per heavy atom. The lowest BCUT2D eigenvalue weighted by Crippen LogP contribution is -2.21. The topological polar surface area (TPSA) is 65.6 Å². The van der Waals surface area contributed by atoms with E-state index in [1.54, 1.807) is 10.9 Å². The fraction of sp³-hybridized carbons (Fsp3) is 0.111. The average molecular weight is 431 g/mol. The molecule has 0 bridgehead atoms. The maximum atomic E-state index is 13.6. The van der Waals surface area contributed by atoms with E-state index >= 15 is 0 Å². The molecule has 3 aromatic heterocycles. The maximum absolute atomic E-state index is 13.6. The van der Waals surface area contributed by atoms with Crippen molar-refractivity contribution < 1.29 is 0 Å². The van der Waals surface area contributed by atoms with E-state index in [4.69, 9.17) is 15.0 Å². The molecule has 6 nitrogen and oxygen atoms in total. The van der Waals surface area contributed by atoms with Crippen LogP contribution in [0.2, 0.25) is 0 Å². The van der Waals surface area contributed by atoms with Crippen molar-refractivity contribution in [2.45, 2.75) is 19.9 Å². The molecule has 0 unspecified atom stereocenters. The fourth-order valence-corrected chi connectivity index (χ4v) is 4.26. The molecule has 0 radical (unpaired) electrons. The maximum Gasteiger partial charge on any atom is 0.265 e. The molecule has 0 atom stereocenters. The van der Waals surface area contributed by atoms with Crippen molar-refractivity contribution in [1.29, 1.82) is 0 Å². The van der Waals surface area contributed by atoms with E-state index in [1.165, 1.54) is 5.56 Å². The van der Waals surface area contributed by atoms with Crippen LogP contribution in [-0.2, 0) is 13.0 Å². The summed E-state index contributed by atoms with van der Waals surface area (Å²) in [5.41, 5.74) is 6.47. The average Bonchev–Trinajstić information content (AvgIpc) is 3.17. The summed E-state index contributed by atoms with van der Waals surface area (Å²) in [6.45, 7) is 2.59. The Labute approximate surface area is 189 Å². The van der Waals surface area contributed by atoms with Gasteiger partial charge in [-0.1, -0.05) is 60.2 Å². The molecule has 0 aliphatic rings. The zero-order chi connectivity index (χ0) is 22.4. The van der Waals surface area contributed by atoms with Crippen LogP contribution in [0.3, 0.4) is 0 Å². The summed E-state index contributed by atoms with van der Waals surface area (Å²) in [5.74, 6) is 0. The molecule has 0 amide bonds. The van der Waals surface area contributed by atoms with Crippen molar-refractivity contribution in [3.63, 3.8) is 0 Å². The largest absolute Gasteiger partial charge is 0.298 e. The molecule has 160 valence electrons. The van der Waals surface area contributed by atoms with Gasteiger partial charge < -0.3 is 0 Å². The van der Waals surface area contributed by atoms with Gasteiger partial charge >= 0.3 is 0 Å². The van der Waals surface area contributed by atoms with Gasteiger partial charge in [-0.25, -0.2) is 15.0 Å². The highest BCUT2D eigenvalue weighted by Gasteiger charge is 2.20. The second-order valence-corrected chi connectivity index (χ2v) is 8.23. The van der Waals surface area contributed by atoms with Crippen LogP contribution in [0.4, 0.5) is 0 Å². The number of aryl methyl sites for hydroxylation is 3. The number of para-hydroxylation sites is 2. The predicted octanol–water partition coefficient (Wildman–Crippen LogP) is 4.83. The van der Waals surface area contributed by atoms with E-state index in [9.17, 15) is 4.79 Å². The molecule has 0 aliphatic heterocycles. The minimum Gasteiger partial charge on any atom is -0.298 e. The number of nitrogens with zero attached hydrogens (tertiary/aromatic N) is 5. The van der Waals surface area contributed by atoms with Crippen molar-refractivity contribution >= 4 is 33.2 Å². The first kappa shape index (κ1) is 19.4. The van der Waals surface area contributed by atoms with Gasteiger partial charge in [-0.3, -0.25) is 13.9 Å². The monoisotopic (exact) mass is 431 g/mol. The molecule has 3 aromatic carbocycles. The molecular weight excluding hydrogens is 410 g/mol. The summed E-state index contributed by atoms with van der Waals surface area (Å²) in [4.78, 5) is 28.1. The summed E-state index contributed by atoms with van der Waals surface area (Å²) < 4.78 is 3.61. The number of benzene rings is 3. The molecule has 0 aliphatic carbocycles. The van der Waals surface area contributed by atoms with Gasteiger partial charge in [-0.15, -0.1) is 0 Å². The molecule has 0 saturated heterocycles. The van der Waals surface area contributed by atoms with Crippen molar-refractivity contribution in [3.8, 4) is 5.69 Å². The van der Waals surface area contributed by atoms with Gasteiger partial charge in [0.15, 0.2) is 11.3 Å². The SMILES string of the molecule is Cc1ccc(-n2c3nc4ccccc4nc3c3c(=O)n(CCc4ccccc4)cnc32)cc1. The Morgan fingerprint density at radius 2 is 1.48 bits per heavy atom. The highest BCUT2D eigenvalue weighted by Crippen LogP contribution is 2.28. The zero-order valence-corrected chi connectivity index (χ0v) is 18.1. The van der Waals surface area contributed by atoms with Crippen LogP contribution in [-0.4, -0.2) is 24.1 Å². The summed E-state index contributed by atoms with van der Waals surface area (Å²) in [7, 11) is 0. The molecule has 0 N–H and O–H groups in total. The predicted molar refractivity (Wildman–Crippen MR) is 131 cm³/mol. The van der Waals surface area contributed by atoms with Crippen LogP contribution in [0.1, 0.15) is 11.1 Å². The minimum absolute atomic E-state index is 0.101. The first-order valence-electron chi connectivity index (χ1n) is 11.0. The molecule has 3 heterocycles. The lowest BCUT2D eigenvalue weighted by molar-refractivity contribution is 0.662. The molecule has 0 spiro atoms. The number of aromatic nitrogens is 5. The Morgan fingerprint density at radius 1 is 0.788 bits per heavy atom. The number of hydrogen-bond donors (Lipinski definition) is 0. The molecule has 33 heavy (non-hydrogen) atoms. The van der Waals surface area contributed by atoms with E-state index in [0.29, 0.717) is 28.7 Å². The zero-order valence-electron chi connectivity index (χ0n) is 18.1. The van der Waals surface area contributed by atoms with Gasteiger partial charge in [0, 0.05) is 12.2 Å². The van der Waals surface area contributed by atoms with Crippen molar-refractivity contribution in [1.82, 2.24) is 24.1 Å². The van der Waals surface area contributed by atoms with Crippen LogP contribution in [0.25, 0.3) is 38.9 Å². The third kappa shape index (κ3) is 3.27. The second kappa shape index (κ2) is 7.67. The van der Waals surface area contributed by atoms with E-state index in [-0.39, 0.29) is 5.56 Å². The van der Waals surface area contributed by atoms with Crippen LogP contribution in [0.15, 0.2) is 90.0 Å². The normalized spacial score (nSPS) is 11.5. The molecule has 0 fully saturated rings. The van der Waals surface area contributed by atoms with Gasteiger partial charge in [-0.2, -0.15) is 0 Å². The number of rotatable bonds is 4. The quantitative estimate of drug-likeness (QED) is 0.401. The minimum atomic E-state index is -0.101. The standard InChI is InChI=1S/C27H21N5O/c1-18-11-13-20(14-12-18)32-25-23(24-26(32)30-22-10-6-5-9-21(22)29-24)27(33)31(17-28-25)16-15-19-7-3-2-4-8-19/h2-14,17H,15-16H2,1H3. The molecule has 0 saturated carbocycles. The Bertz CT molecular complexity index is 1680. The van der Waals surface area contributed by atoms with Gasteiger partial charge in [0.2, 0.25) is 0 Å². The fourth-order valence-electron chi connectivity index (χ4n) is 4.26. The van der Waals surface area contributed by atoms with Crippen LogP contribution < -0.4 is 5.56 Å². The van der Waals surface area contributed by atoms with Gasteiger partial charge in [-0.05, 0) is 43.2 Å². The lowest BCUT2D eigenvalue weighted by atomic mass is 10.1. The third-order valence-electron chi connectivity index (χ3n) is 6.01. The summed E-state index contributed by atoms with van der Waals surface area (Å²) >= 11 is 0. The van der Waals surface area contributed by atoms with Crippen LogP contribution in [0, 0.1) is 6.92 Å². The van der Waals surface area contributed by atoms with Crippen LogP contribution in [0.5, 0.6) is 0 Å². The van der Waals surface area contributed by atoms with E-state index in [2.05, 4.69) is 12.1 Å². The molecule has 6 rings (SSSR count). The molecule has 6 aromatic rings. The van der Waals surface area contributed by atoms with Crippen molar-refractivity contribution in [3.05, 3.63) is 107 Å². The van der Waals surface area contributed by atoms with Gasteiger partial charge in [0.25, 0.3) is 5.56 Å². The highest BCUT2D eigenvalue weighted by atomic mass is 16.1. The van der Waals surface area contributed by atoms with E-state index in [1.807, 2.05) is 78.2 Å². The number of fused-ring (bicyclic) bond motifs is 4. The highest BCUT2D eigenvalue weighted by molar-refractivity contribution is 6.05. The number of hydrogen-bond acceptors (Lipinski definition) is 4. The third-order valence-corrected chi connectivity index (χ3v) is 6.01. The van der Waals surface area contributed by atoms with Crippen molar-refractivity contribution in [2.75, 3.05) is 0 Å². The lowest BCUT2D eigenvalue weighted by Gasteiger charge is -2.08. The Kier molecular flexibility index (Phi) is 4.50. The summed E-state index contributed by atoms with van der Waals surface area (Å²) in [6.07, 6.45) is 2.38. The summed E-state index contributed by atoms with van der Waals surface area (Å²) in [5, 5.41) is 0.499. The first-order valence-corrected chi connectivity index (χ1v) is 11.0. The van der Waals surface area contributed by atoms with Crippen molar-refractivity contribution in [2.24, 2.45) is 0 Å². The van der Waals surface area contributed by atoms with E-state index in [0.717, 1.165) is 28.7 Å². The summed E-state index contributed by atoms with van der Waals surface area (Å²) in [6, 6.07) is 26.0. The second-order valence-electron chi connectivity index (χ2n) is 8.23. The molecular formula is C27H21N5O. The smallest absolute Gasteiger partial charge is 0.265 e. The Balaban J connectivity index is 1.61. The van der Waals surface area contributed by atoms with Gasteiger partial charge in [0.1, 0.15) is 10.9 Å².